The number of nitriles is 1. The van der Waals surface area contributed by atoms with E-state index in [0.717, 1.165) is 15.7 Å². The largest absolute Gasteiger partial charge is 0.478 e. The minimum absolute atomic E-state index is 0.332. The minimum atomic E-state index is -0.912. The zero-order valence-corrected chi connectivity index (χ0v) is 12.7. The van der Waals surface area contributed by atoms with E-state index < -0.39 is 5.97 Å². The van der Waals surface area contributed by atoms with Gasteiger partial charge in [-0.05, 0) is 52.2 Å². The molecule has 0 spiro atoms. The molecule has 0 aromatic heterocycles. The maximum Gasteiger partial charge on any atom is 0.335 e. The van der Waals surface area contributed by atoms with Gasteiger partial charge < -0.3 is 10.4 Å². The van der Waals surface area contributed by atoms with Crippen LogP contribution < -0.4 is 5.32 Å². The summed E-state index contributed by atoms with van der Waals surface area (Å²) >= 11 is 3.40. The first-order valence-corrected chi connectivity index (χ1v) is 7.16. The van der Waals surface area contributed by atoms with Crippen molar-refractivity contribution in [3.05, 3.63) is 63.6 Å². The molecule has 0 aliphatic rings. The fourth-order valence-electron chi connectivity index (χ4n) is 2.01. The molecule has 0 aliphatic carbocycles. The molecule has 0 unspecified atom stereocenters. The normalized spacial score (nSPS) is 9.90. The lowest BCUT2D eigenvalue weighted by molar-refractivity contribution is 0.0695. The molecule has 106 valence electrons. The quantitative estimate of drug-likeness (QED) is 0.867. The molecule has 0 amide bonds. The summed E-state index contributed by atoms with van der Waals surface area (Å²) in [5.74, 6) is -0.912. The van der Waals surface area contributed by atoms with Crippen molar-refractivity contribution in [2.75, 3.05) is 11.9 Å². The van der Waals surface area contributed by atoms with Gasteiger partial charge in [-0.25, -0.2) is 4.79 Å². The van der Waals surface area contributed by atoms with Crippen molar-refractivity contribution in [3.63, 3.8) is 0 Å². The molecule has 0 saturated heterocycles. The maximum absolute atomic E-state index is 11.1. The second-order valence-corrected chi connectivity index (χ2v) is 5.30. The van der Waals surface area contributed by atoms with Crippen molar-refractivity contribution in [2.24, 2.45) is 0 Å². The van der Waals surface area contributed by atoms with Crippen LogP contribution in [0.15, 0.2) is 46.9 Å². The highest BCUT2D eigenvalue weighted by Crippen LogP contribution is 2.23. The Morgan fingerprint density at radius 1 is 1.29 bits per heavy atom. The maximum atomic E-state index is 11.1. The van der Waals surface area contributed by atoms with Crippen LogP contribution in [-0.4, -0.2) is 17.6 Å². The molecule has 0 aliphatic heterocycles. The summed E-state index contributed by atoms with van der Waals surface area (Å²) in [7, 11) is 0. The number of aromatic carboxylic acids is 1. The van der Waals surface area contributed by atoms with Gasteiger partial charge in [0, 0.05) is 16.7 Å². The molecule has 2 aromatic carbocycles. The van der Waals surface area contributed by atoms with Crippen LogP contribution >= 0.6 is 15.9 Å². The average Bonchev–Trinajstić information content (AvgIpc) is 2.49. The minimum Gasteiger partial charge on any atom is -0.478 e. The summed E-state index contributed by atoms with van der Waals surface area (Å²) in [6, 6.07) is 14.4. The van der Waals surface area contributed by atoms with E-state index in [1.807, 2.05) is 18.2 Å². The number of rotatable bonds is 5. The van der Waals surface area contributed by atoms with Crippen molar-refractivity contribution < 1.29 is 9.90 Å². The SMILES string of the molecule is N#Cc1ccc(NCCc2ccccc2C(=O)O)c(Br)c1. The Labute approximate surface area is 131 Å². The molecule has 21 heavy (non-hydrogen) atoms. The number of benzene rings is 2. The van der Waals surface area contributed by atoms with Gasteiger partial charge in [0.25, 0.3) is 0 Å². The number of nitrogens with zero attached hydrogens (tertiary/aromatic N) is 1. The van der Waals surface area contributed by atoms with Gasteiger partial charge in [-0.2, -0.15) is 5.26 Å². The highest BCUT2D eigenvalue weighted by atomic mass is 79.9. The van der Waals surface area contributed by atoms with Crippen LogP contribution in [-0.2, 0) is 6.42 Å². The van der Waals surface area contributed by atoms with Crippen molar-refractivity contribution in [1.29, 1.82) is 5.26 Å². The monoisotopic (exact) mass is 344 g/mol. The van der Waals surface area contributed by atoms with E-state index in [-0.39, 0.29) is 0 Å². The first-order chi connectivity index (χ1) is 10.1. The fraction of sp³-hybridized carbons (Fsp3) is 0.125. The Balaban J connectivity index is 2.02. The summed E-state index contributed by atoms with van der Waals surface area (Å²) in [5, 5.41) is 21.2. The van der Waals surface area contributed by atoms with Crippen molar-refractivity contribution in [3.8, 4) is 6.07 Å². The number of hydrogen-bond donors (Lipinski definition) is 2. The number of hydrogen-bond acceptors (Lipinski definition) is 3. The molecule has 2 aromatic rings. The zero-order chi connectivity index (χ0) is 15.2. The predicted molar refractivity (Wildman–Crippen MR) is 84.5 cm³/mol. The molecule has 4 nitrogen and oxygen atoms in total. The lowest BCUT2D eigenvalue weighted by Crippen LogP contribution is -2.09. The van der Waals surface area contributed by atoms with Crippen molar-refractivity contribution >= 4 is 27.6 Å². The summed E-state index contributed by atoms with van der Waals surface area (Å²) in [6.07, 6.45) is 0.606. The van der Waals surface area contributed by atoms with E-state index in [4.69, 9.17) is 10.4 Å². The van der Waals surface area contributed by atoms with Gasteiger partial charge in [0.1, 0.15) is 0 Å². The predicted octanol–water partition coefficient (Wildman–Crippen LogP) is 3.67. The van der Waals surface area contributed by atoms with E-state index in [1.165, 1.54) is 0 Å². The van der Waals surface area contributed by atoms with Gasteiger partial charge in [0.05, 0.1) is 17.2 Å². The molecule has 0 bridgehead atoms. The van der Waals surface area contributed by atoms with Crippen LogP contribution in [0.25, 0.3) is 0 Å². The second kappa shape index (κ2) is 6.91. The number of nitrogens with one attached hydrogen (secondary N) is 1. The lowest BCUT2D eigenvalue weighted by Gasteiger charge is -2.10. The molecule has 0 saturated carbocycles. The number of carboxylic acids is 1. The Morgan fingerprint density at radius 3 is 2.71 bits per heavy atom. The molecule has 0 fully saturated rings. The second-order valence-electron chi connectivity index (χ2n) is 4.45. The zero-order valence-electron chi connectivity index (χ0n) is 11.1. The molecule has 0 heterocycles. The van der Waals surface area contributed by atoms with Gasteiger partial charge >= 0.3 is 5.97 Å². The third-order valence-corrected chi connectivity index (χ3v) is 3.71. The van der Waals surface area contributed by atoms with Gasteiger partial charge in [-0.3, -0.25) is 0 Å². The topological polar surface area (TPSA) is 73.1 Å². The van der Waals surface area contributed by atoms with Crippen LogP contribution in [0.3, 0.4) is 0 Å². The van der Waals surface area contributed by atoms with Crippen LogP contribution in [0.5, 0.6) is 0 Å². The third-order valence-electron chi connectivity index (χ3n) is 3.06. The smallest absolute Gasteiger partial charge is 0.335 e. The molecule has 0 atom stereocenters. The number of carboxylic acid groups (broad SMARTS) is 1. The fourth-order valence-corrected chi connectivity index (χ4v) is 2.53. The van der Waals surface area contributed by atoms with Gasteiger partial charge in [0.2, 0.25) is 0 Å². The van der Waals surface area contributed by atoms with Crippen molar-refractivity contribution in [1.82, 2.24) is 0 Å². The third kappa shape index (κ3) is 3.83. The van der Waals surface area contributed by atoms with Gasteiger partial charge in [0.15, 0.2) is 0 Å². The van der Waals surface area contributed by atoms with E-state index >= 15 is 0 Å². The highest BCUT2D eigenvalue weighted by molar-refractivity contribution is 9.10. The Kier molecular flexibility index (Phi) is 4.96. The van der Waals surface area contributed by atoms with E-state index in [2.05, 4.69) is 27.3 Å². The number of halogens is 1. The standard InChI is InChI=1S/C16H13BrN2O2/c17-14-9-11(10-18)5-6-15(14)19-8-7-12-3-1-2-4-13(12)16(20)21/h1-6,9,19H,7-8H2,(H,20,21). The summed E-state index contributed by atoms with van der Waals surface area (Å²) < 4.78 is 0.813. The molecule has 0 radical (unpaired) electrons. The van der Waals surface area contributed by atoms with Crippen molar-refractivity contribution in [2.45, 2.75) is 6.42 Å². The molecular weight excluding hydrogens is 332 g/mol. The Bertz CT molecular complexity index is 708. The van der Waals surface area contributed by atoms with Crippen LogP contribution in [0.2, 0.25) is 0 Å². The molecule has 2 rings (SSSR count). The molecule has 5 heteroatoms. The lowest BCUT2D eigenvalue weighted by atomic mass is 10.0. The van der Waals surface area contributed by atoms with Gasteiger partial charge in [-0.1, -0.05) is 18.2 Å². The molecule has 2 N–H and O–H groups in total. The molecular formula is C16H13BrN2O2. The Morgan fingerprint density at radius 2 is 2.05 bits per heavy atom. The van der Waals surface area contributed by atoms with E-state index in [1.54, 1.807) is 24.3 Å². The first-order valence-electron chi connectivity index (χ1n) is 6.36. The van der Waals surface area contributed by atoms with Crippen LogP contribution in [0, 0.1) is 11.3 Å². The van der Waals surface area contributed by atoms with Gasteiger partial charge in [-0.15, -0.1) is 0 Å². The average molecular weight is 345 g/mol. The number of carbonyl (C=O) groups is 1. The van der Waals surface area contributed by atoms with Crippen LogP contribution in [0.4, 0.5) is 5.69 Å². The summed E-state index contributed by atoms with van der Waals surface area (Å²) in [6.45, 7) is 0.606. The van der Waals surface area contributed by atoms with E-state index in [9.17, 15) is 4.79 Å². The van der Waals surface area contributed by atoms with Crippen LogP contribution in [0.1, 0.15) is 21.5 Å². The number of anilines is 1. The summed E-state index contributed by atoms with van der Waals surface area (Å²) in [5.41, 5.74) is 2.59. The summed E-state index contributed by atoms with van der Waals surface area (Å²) in [4.78, 5) is 11.1. The Hall–Kier alpha value is -2.32. The first kappa shape index (κ1) is 15.1. The van der Waals surface area contributed by atoms with E-state index in [0.29, 0.717) is 24.1 Å². The highest BCUT2D eigenvalue weighted by Gasteiger charge is 2.08.